The number of morpholine rings is 1. The van der Waals surface area contributed by atoms with Gasteiger partial charge in [-0.1, -0.05) is 39.0 Å². The summed E-state index contributed by atoms with van der Waals surface area (Å²) in [6.45, 7) is 12.0. The molecule has 1 aliphatic carbocycles. The molecule has 32 heavy (non-hydrogen) atoms. The zero-order chi connectivity index (χ0) is 23.0. The van der Waals surface area contributed by atoms with Crippen LogP contribution in [0.2, 0.25) is 0 Å². The highest BCUT2D eigenvalue weighted by Gasteiger charge is 2.36. The summed E-state index contributed by atoms with van der Waals surface area (Å²) >= 11 is 1.59. The van der Waals surface area contributed by atoms with E-state index in [1.54, 1.807) is 23.5 Å². The number of fused-ring (bicyclic) bond motifs is 1. The van der Waals surface area contributed by atoms with E-state index >= 15 is 0 Å². The third-order valence-electron chi connectivity index (χ3n) is 6.67. The maximum absolute atomic E-state index is 13.8. The van der Waals surface area contributed by atoms with E-state index < -0.39 is 0 Å². The van der Waals surface area contributed by atoms with Gasteiger partial charge in [-0.3, -0.25) is 9.59 Å². The Balaban J connectivity index is 1.69. The first-order valence-electron chi connectivity index (χ1n) is 11.6. The summed E-state index contributed by atoms with van der Waals surface area (Å²) in [6, 6.07) is 9.19. The number of nitrogens with one attached hydrogen (secondary N) is 1. The lowest BCUT2D eigenvalue weighted by Gasteiger charge is -2.36. The van der Waals surface area contributed by atoms with Crippen molar-refractivity contribution < 1.29 is 14.3 Å². The summed E-state index contributed by atoms with van der Waals surface area (Å²) in [5.74, 6) is 0.411. The van der Waals surface area contributed by atoms with E-state index in [2.05, 4.69) is 26.1 Å². The van der Waals surface area contributed by atoms with E-state index in [9.17, 15) is 9.59 Å². The minimum atomic E-state index is -0.172. The van der Waals surface area contributed by atoms with Gasteiger partial charge >= 0.3 is 0 Å². The number of hydrogen-bond donors (Lipinski definition) is 1. The largest absolute Gasteiger partial charge is 0.372 e. The molecular formula is C26H34N2O3S. The summed E-state index contributed by atoms with van der Waals surface area (Å²) in [6.07, 6.45) is 2.91. The zero-order valence-electron chi connectivity index (χ0n) is 19.7. The number of anilines is 1. The third kappa shape index (κ3) is 4.76. The zero-order valence-corrected chi connectivity index (χ0v) is 20.6. The molecular weight excluding hydrogens is 420 g/mol. The molecule has 0 unspecified atom stereocenters. The van der Waals surface area contributed by atoms with Crippen molar-refractivity contribution in [1.29, 1.82) is 0 Å². The number of benzene rings is 1. The predicted molar refractivity (Wildman–Crippen MR) is 130 cm³/mol. The highest BCUT2D eigenvalue weighted by Crippen LogP contribution is 2.45. The quantitative estimate of drug-likeness (QED) is 0.675. The average Bonchev–Trinajstić information content (AvgIpc) is 3.09. The molecule has 5 nitrogen and oxygen atoms in total. The van der Waals surface area contributed by atoms with Crippen LogP contribution in [0.4, 0.5) is 5.00 Å². The molecule has 2 aromatic rings. The van der Waals surface area contributed by atoms with E-state index in [0.29, 0.717) is 35.1 Å². The second kappa shape index (κ2) is 8.99. The number of carbonyl (C=O) groups excluding carboxylic acids is 2. The molecule has 172 valence electrons. The van der Waals surface area contributed by atoms with E-state index in [4.69, 9.17) is 4.74 Å². The van der Waals surface area contributed by atoms with Gasteiger partial charge in [0.25, 0.3) is 11.8 Å². The molecule has 1 N–H and O–H groups in total. The Morgan fingerprint density at radius 2 is 1.75 bits per heavy atom. The van der Waals surface area contributed by atoms with Gasteiger partial charge in [0.1, 0.15) is 5.00 Å². The molecule has 1 fully saturated rings. The monoisotopic (exact) mass is 454 g/mol. The molecule has 1 aromatic carbocycles. The Bertz CT molecular complexity index is 982. The second-order valence-corrected chi connectivity index (χ2v) is 11.4. The number of rotatable bonds is 3. The normalized spacial score (nSPS) is 23.5. The lowest BCUT2D eigenvalue weighted by atomic mass is 9.72. The van der Waals surface area contributed by atoms with Crippen LogP contribution < -0.4 is 5.32 Å². The van der Waals surface area contributed by atoms with Crippen molar-refractivity contribution >= 4 is 28.2 Å². The van der Waals surface area contributed by atoms with Crippen LogP contribution in [0.3, 0.4) is 0 Å². The van der Waals surface area contributed by atoms with E-state index in [1.165, 1.54) is 4.88 Å². The van der Waals surface area contributed by atoms with Crippen LogP contribution in [0.5, 0.6) is 0 Å². The SMILES string of the molecule is C[C@@H]1CN(C(=O)c2c(NC(=O)c3ccccc3)sc3c2CC[C@@H](C(C)(C)C)C3)C[C@@H](C)O1. The fraction of sp³-hybridized carbons (Fsp3) is 0.538. The molecule has 3 atom stereocenters. The first kappa shape index (κ1) is 23.0. The van der Waals surface area contributed by atoms with Crippen molar-refractivity contribution in [2.45, 2.75) is 66.1 Å². The number of carbonyl (C=O) groups is 2. The molecule has 0 spiro atoms. The molecule has 1 aliphatic heterocycles. The Morgan fingerprint density at radius 3 is 2.38 bits per heavy atom. The molecule has 2 amide bonds. The first-order chi connectivity index (χ1) is 15.1. The van der Waals surface area contributed by atoms with Gasteiger partial charge in [0.05, 0.1) is 17.8 Å². The van der Waals surface area contributed by atoms with E-state index in [-0.39, 0.29) is 29.4 Å². The number of amides is 2. The van der Waals surface area contributed by atoms with Gasteiger partial charge < -0.3 is 15.0 Å². The highest BCUT2D eigenvalue weighted by atomic mass is 32.1. The molecule has 0 saturated carbocycles. The van der Waals surface area contributed by atoms with Crippen LogP contribution in [-0.2, 0) is 17.6 Å². The van der Waals surface area contributed by atoms with Crippen molar-refractivity contribution in [2.75, 3.05) is 18.4 Å². The Morgan fingerprint density at radius 1 is 1.09 bits per heavy atom. The lowest BCUT2D eigenvalue weighted by Crippen LogP contribution is -2.48. The van der Waals surface area contributed by atoms with Gasteiger partial charge in [-0.15, -0.1) is 11.3 Å². The summed E-state index contributed by atoms with van der Waals surface area (Å²) in [4.78, 5) is 29.9. The van der Waals surface area contributed by atoms with Gasteiger partial charge in [0.2, 0.25) is 0 Å². The predicted octanol–water partition coefficient (Wildman–Crippen LogP) is 5.40. The molecule has 1 saturated heterocycles. The maximum atomic E-state index is 13.8. The molecule has 0 radical (unpaired) electrons. The topological polar surface area (TPSA) is 58.6 Å². The van der Waals surface area contributed by atoms with Crippen LogP contribution in [-0.4, -0.2) is 42.0 Å². The number of hydrogen-bond acceptors (Lipinski definition) is 4. The molecule has 1 aromatic heterocycles. The Labute approximate surface area is 195 Å². The molecule has 4 rings (SSSR count). The molecule has 6 heteroatoms. The Kier molecular flexibility index (Phi) is 6.46. The minimum absolute atomic E-state index is 0.00444. The highest BCUT2D eigenvalue weighted by molar-refractivity contribution is 7.17. The van der Waals surface area contributed by atoms with Gasteiger partial charge in [-0.05, 0) is 62.1 Å². The van der Waals surface area contributed by atoms with Crippen molar-refractivity contribution in [3.8, 4) is 0 Å². The summed E-state index contributed by atoms with van der Waals surface area (Å²) < 4.78 is 5.84. The van der Waals surface area contributed by atoms with Gasteiger partial charge in [0.15, 0.2) is 0 Å². The standard InChI is InChI=1S/C26H34N2O3S/c1-16-14-28(15-17(2)31-16)25(30)22-20-12-11-19(26(3,4)5)13-21(20)32-24(22)27-23(29)18-9-7-6-8-10-18/h6-10,16-17,19H,11-15H2,1-5H3,(H,27,29)/t16-,17-,19-/m1/s1. The maximum Gasteiger partial charge on any atom is 0.257 e. The molecule has 0 bridgehead atoms. The number of nitrogens with zero attached hydrogens (tertiary/aromatic N) is 1. The van der Waals surface area contributed by atoms with Crippen molar-refractivity contribution in [3.05, 3.63) is 51.9 Å². The minimum Gasteiger partial charge on any atom is -0.372 e. The lowest BCUT2D eigenvalue weighted by molar-refractivity contribution is -0.0586. The number of thiophene rings is 1. The fourth-order valence-electron chi connectivity index (χ4n) is 4.91. The summed E-state index contributed by atoms with van der Waals surface area (Å²) in [5.41, 5.74) is 2.64. The Hall–Kier alpha value is -2.18. The van der Waals surface area contributed by atoms with Crippen LogP contribution in [0, 0.1) is 11.3 Å². The van der Waals surface area contributed by atoms with Crippen molar-refractivity contribution in [3.63, 3.8) is 0 Å². The summed E-state index contributed by atoms with van der Waals surface area (Å²) in [7, 11) is 0. The molecule has 2 aliphatic rings. The third-order valence-corrected chi connectivity index (χ3v) is 7.84. The van der Waals surface area contributed by atoms with Gasteiger partial charge in [0, 0.05) is 23.5 Å². The number of ether oxygens (including phenoxy) is 1. The van der Waals surface area contributed by atoms with Gasteiger partial charge in [-0.2, -0.15) is 0 Å². The van der Waals surface area contributed by atoms with Gasteiger partial charge in [-0.25, -0.2) is 0 Å². The van der Waals surface area contributed by atoms with E-state index in [0.717, 1.165) is 24.8 Å². The average molecular weight is 455 g/mol. The van der Waals surface area contributed by atoms with Crippen LogP contribution in [0.1, 0.15) is 72.2 Å². The van der Waals surface area contributed by atoms with Crippen LogP contribution >= 0.6 is 11.3 Å². The van der Waals surface area contributed by atoms with Crippen LogP contribution in [0.25, 0.3) is 0 Å². The smallest absolute Gasteiger partial charge is 0.257 e. The second-order valence-electron chi connectivity index (χ2n) is 10.3. The van der Waals surface area contributed by atoms with Crippen LogP contribution in [0.15, 0.2) is 30.3 Å². The van der Waals surface area contributed by atoms with E-state index in [1.807, 2.05) is 36.9 Å². The fourth-order valence-corrected chi connectivity index (χ4v) is 6.22. The van der Waals surface area contributed by atoms with Crippen molar-refractivity contribution in [2.24, 2.45) is 11.3 Å². The summed E-state index contributed by atoms with van der Waals surface area (Å²) in [5, 5.41) is 3.77. The van der Waals surface area contributed by atoms with Crippen molar-refractivity contribution in [1.82, 2.24) is 4.90 Å². The first-order valence-corrected chi connectivity index (χ1v) is 12.4. The molecule has 2 heterocycles.